The molecule has 2 aromatic rings. The summed E-state index contributed by atoms with van der Waals surface area (Å²) in [6, 6.07) is 3.43. The third-order valence-electron chi connectivity index (χ3n) is 2.21. The monoisotopic (exact) mass is 217 g/mol. The second-order valence-electron chi connectivity index (χ2n) is 3.61. The van der Waals surface area contributed by atoms with Crippen molar-refractivity contribution in [2.75, 3.05) is 0 Å². The van der Waals surface area contributed by atoms with Crippen molar-refractivity contribution < 1.29 is 9.90 Å². The van der Waals surface area contributed by atoms with Crippen LogP contribution in [0.25, 0.3) is 5.69 Å². The predicted molar refractivity (Wildman–Crippen MR) is 57.8 cm³/mol. The topological polar surface area (TPSA) is 68.0 Å². The zero-order valence-corrected chi connectivity index (χ0v) is 9.01. The number of carbonyl (C=O) groups is 1. The van der Waals surface area contributed by atoms with Gasteiger partial charge in [0.2, 0.25) is 0 Å². The van der Waals surface area contributed by atoms with E-state index in [2.05, 4.69) is 10.1 Å². The molecule has 0 spiro atoms. The van der Waals surface area contributed by atoms with Gasteiger partial charge in [-0.1, -0.05) is 0 Å². The van der Waals surface area contributed by atoms with E-state index >= 15 is 0 Å². The van der Waals surface area contributed by atoms with E-state index in [0.717, 1.165) is 16.9 Å². The molecule has 0 fully saturated rings. The number of pyridine rings is 1. The lowest BCUT2D eigenvalue weighted by Crippen LogP contribution is -2.02. The number of nitrogens with zero attached hydrogens (tertiary/aromatic N) is 3. The Kier molecular flexibility index (Phi) is 2.44. The normalized spacial score (nSPS) is 10.4. The summed E-state index contributed by atoms with van der Waals surface area (Å²) in [5.74, 6) is -1.03. The molecule has 2 heterocycles. The molecule has 82 valence electrons. The molecule has 0 aliphatic rings. The molecule has 0 unspecified atom stereocenters. The van der Waals surface area contributed by atoms with Crippen molar-refractivity contribution in [3.8, 4) is 5.69 Å². The molecule has 0 atom stereocenters. The van der Waals surface area contributed by atoms with Gasteiger partial charge in [-0.15, -0.1) is 0 Å². The summed E-state index contributed by atoms with van der Waals surface area (Å²) in [4.78, 5) is 14.8. The van der Waals surface area contributed by atoms with Crippen LogP contribution in [0.1, 0.15) is 21.7 Å². The van der Waals surface area contributed by atoms with E-state index in [-0.39, 0.29) is 5.69 Å². The van der Waals surface area contributed by atoms with Gasteiger partial charge in [0.05, 0.1) is 11.9 Å². The number of carboxylic acids is 1. The maximum atomic E-state index is 10.8. The molecule has 0 aromatic carbocycles. The van der Waals surface area contributed by atoms with Crippen LogP contribution < -0.4 is 0 Å². The highest BCUT2D eigenvalue weighted by molar-refractivity contribution is 5.85. The largest absolute Gasteiger partial charge is 0.476 e. The van der Waals surface area contributed by atoms with Crippen LogP contribution in [0.5, 0.6) is 0 Å². The second kappa shape index (κ2) is 3.77. The molecule has 0 saturated carbocycles. The first-order chi connectivity index (χ1) is 7.58. The number of carboxylic acid groups (broad SMARTS) is 1. The van der Waals surface area contributed by atoms with Crippen LogP contribution in [0.3, 0.4) is 0 Å². The minimum Gasteiger partial charge on any atom is -0.476 e. The lowest BCUT2D eigenvalue weighted by atomic mass is 10.3. The van der Waals surface area contributed by atoms with Crippen molar-refractivity contribution in [1.82, 2.24) is 14.8 Å². The Bertz CT molecular complexity index is 546. The number of aromatic carboxylic acids is 1. The van der Waals surface area contributed by atoms with Crippen LogP contribution in [0.4, 0.5) is 0 Å². The molecule has 0 amide bonds. The molecule has 0 saturated heterocycles. The Morgan fingerprint density at radius 3 is 2.62 bits per heavy atom. The number of aryl methyl sites for hydroxylation is 2. The SMILES string of the molecule is Cc1cncc(-n2nc(C(=O)O)cc2C)c1. The van der Waals surface area contributed by atoms with E-state index < -0.39 is 5.97 Å². The van der Waals surface area contributed by atoms with Crippen molar-refractivity contribution in [3.63, 3.8) is 0 Å². The molecule has 2 rings (SSSR count). The van der Waals surface area contributed by atoms with E-state index in [1.165, 1.54) is 6.07 Å². The minimum absolute atomic E-state index is 0.0407. The van der Waals surface area contributed by atoms with Gasteiger partial charge in [-0.25, -0.2) is 9.48 Å². The third kappa shape index (κ3) is 1.79. The molecule has 0 aliphatic heterocycles. The first-order valence-corrected chi connectivity index (χ1v) is 4.80. The van der Waals surface area contributed by atoms with Gasteiger partial charge in [-0.05, 0) is 31.5 Å². The Morgan fingerprint density at radius 2 is 2.06 bits per heavy atom. The second-order valence-corrected chi connectivity index (χ2v) is 3.61. The van der Waals surface area contributed by atoms with Gasteiger partial charge in [0.25, 0.3) is 0 Å². The summed E-state index contributed by atoms with van der Waals surface area (Å²) in [6.45, 7) is 3.73. The third-order valence-corrected chi connectivity index (χ3v) is 2.21. The van der Waals surface area contributed by atoms with Gasteiger partial charge in [0.15, 0.2) is 5.69 Å². The maximum Gasteiger partial charge on any atom is 0.356 e. The quantitative estimate of drug-likeness (QED) is 0.829. The standard InChI is InChI=1S/C11H11N3O2/c1-7-3-9(6-12-5-7)14-8(2)4-10(13-14)11(15)16/h3-6H,1-2H3,(H,15,16). The molecule has 0 bridgehead atoms. The first kappa shape index (κ1) is 10.4. The highest BCUT2D eigenvalue weighted by Gasteiger charge is 2.11. The number of aromatic nitrogens is 3. The van der Waals surface area contributed by atoms with Crippen molar-refractivity contribution in [2.45, 2.75) is 13.8 Å². The molecular weight excluding hydrogens is 206 g/mol. The lowest BCUT2D eigenvalue weighted by Gasteiger charge is -2.03. The number of rotatable bonds is 2. The minimum atomic E-state index is -1.03. The highest BCUT2D eigenvalue weighted by atomic mass is 16.4. The first-order valence-electron chi connectivity index (χ1n) is 4.80. The zero-order chi connectivity index (χ0) is 11.7. The molecule has 2 aromatic heterocycles. The van der Waals surface area contributed by atoms with Crippen LogP contribution in [0.2, 0.25) is 0 Å². The fourth-order valence-electron chi connectivity index (χ4n) is 1.50. The van der Waals surface area contributed by atoms with E-state index in [9.17, 15) is 4.79 Å². The summed E-state index contributed by atoms with van der Waals surface area (Å²) in [5, 5.41) is 12.8. The molecular formula is C11H11N3O2. The van der Waals surface area contributed by atoms with Crippen molar-refractivity contribution in [3.05, 3.63) is 41.5 Å². The molecule has 5 heteroatoms. The Balaban J connectivity index is 2.52. The molecule has 1 N–H and O–H groups in total. The highest BCUT2D eigenvalue weighted by Crippen LogP contribution is 2.12. The number of hydrogen-bond donors (Lipinski definition) is 1. The maximum absolute atomic E-state index is 10.8. The Hall–Kier alpha value is -2.17. The van der Waals surface area contributed by atoms with Gasteiger partial charge in [-0.3, -0.25) is 4.98 Å². The van der Waals surface area contributed by atoms with E-state index in [4.69, 9.17) is 5.11 Å². The summed E-state index contributed by atoms with van der Waals surface area (Å²) in [7, 11) is 0. The average molecular weight is 217 g/mol. The van der Waals surface area contributed by atoms with Gasteiger partial charge in [-0.2, -0.15) is 5.10 Å². The smallest absolute Gasteiger partial charge is 0.356 e. The van der Waals surface area contributed by atoms with Gasteiger partial charge in [0, 0.05) is 11.9 Å². The fraction of sp³-hybridized carbons (Fsp3) is 0.182. The number of hydrogen-bond acceptors (Lipinski definition) is 3. The van der Waals surface area contributed by atoms with Crippen LogP contribution in [0.15, 0.2) is 24.5 Å². The molecule has 16 heavy (non-hydrogen) atoms. The van der Waals surface area contributed by atoms with Crippen LogP contribution in [-0.4, -0.2) is 25.8 Å². The van der Waals surface area contributed by atoms with Crippen molar-refractivity contribution >= 4 is 5.97 Å². The van der Waals surface area contributed by atoms with Crippen LogP contribution >= 0.6 is 0 Å². The van der Waals surface area contributed by atoms with E-state index in [0.29, 0.717) is 0 Å². The van der Waals surface area contributed by atoms with Gasteiger partial charge in [0.1, 0.15) is 0 Å². The Morgan fingerprint density at radius 1 is 1.31 bits per heavy atom. The van der Waals surface area contributed by atoms with Crippen LogP contribution in [-0.2, 0) is 0 Å². The lowest BCUT2D eigenvalue weighted by molar-refractivity contribution is 0.0690. The Labute approximate surface area is 92.4 Å². The summed E-state index contributed by atoms with van der Waals surface area (Å²) >= 11 is 0. The van der Waals surface area contributed by atoms with Crippen molar-refractivity contribution in [2.24, 2.45) is 0 Å². The average Bonchev–Trinajstić information content (AvgIpc) is 2.60. The van der Waals surface area contributed by atoms with Crippen LogP contribution in [0, 0.1) is 13.8 Å². The fourth-order valence-corrected chi connectivity index (χ4v) is 1.50. The van der Waals surface area contributed by atoms with Crippen molar-refractivity contribution in [1.29, 1.82) is 0 Å². The molecule has 5 nitrogen and oxygen atoms in total. The van der Waals surface area contributed by atoms with E-state index in [1.807, 2.05) is 19.9 Å². The van der Waals surface area contributed by atoms with Gasteiger partial charge >= 0.3 is 5.97 Å². The zero-order valence-electron chi connectivity index (χ0n) is 9.01. The molecule has 0 radical (unpaired) electrons. The summed E-state index contributed by atoms with van der Waals surface area (Å²) in [5.41, 5.74) is 2.58. The van der Waals surface area contributed by atoms with E-state index in [1.54, 1.807) is 17.1 Å². The summed E-state index contributed by atoms with van der Waals surface area (Å²) in [6.07, 6.45) is 3.39. The summed E-state index contributed by atoms with van der Waals surface area (Å²) < 4.78 is 1.57. The predicted octanol–water partition coefficient (Wildman–Crippen LogP) is 1.58. The van der Waals surface area contributed by atoms with Gasteiger partial charge < -0.3 is 5.11 Å². The molecule has 0 aliphatic carbocycles.